The Hall–Kier alpha value is -2.04. The van der Waals surface area contributed by atoms with E-state index in [9.17, 15) is 9.59 Å². The van der Waals surface area contributed by atoms with Crippen molar-refractivity contribution in [2.75, 3.05) is 6.54 Å². The van der Waals surface area contributed by atoms with E-state index in [1.165, 1.54) is 0 Å². The molecule has 0 bridgehead atoms. The maximum absolute atomic E-state index is 11.9. The molecular formula is C13H15NO4. The molecule has 96 valence electrons. The number of amides is 1. The number of para-hydroxylation sites is 1. The number of hydrogen-bond acceptors (Lipinski definition) is 3. The van der Waals surface area contributed by atoms with Crippen molar-refractivity contribution < 1.29 is 19.4 Å². The van der Waals surface area contributed by atoms with Crippen molar-refractivity contribution in [2.45, 2.75) is 24.9 Å². The van der Waals surface area contributed by atoms with Crippen LogP contribution < -0.4 is 10.1 Å². The Bertz CT molecular complexity index is 440. The number of carbonyl (C=O) groups excluding carboxylic acids is 1. The summed E-state index contributed by atoms with van der Waals surface area (Å²) in [5.41, 5.74) is -0.792. The average molecular weight is 249 g/mol. The van der Waals surface area contributed by atoms with Gasteiger partial charge in [-0.1, -0.05) is 18.2 Å². The van der Waals surface area contributed by atoms with Gasteiger partial charge in [0, 0.05) is 19.4 Å². The van der Waals surface area contributed by atoms with Crippen LogP contribution in [0.15, 0.2) is 30.3 Å². The number of rotatable bonds is 6. The number of carboxylic acid groups (broad SMARTS) is 1. The fourth-order valence-electron chi connectivity index (χ4n) is 1.65. The van der Waals surface area contributed by atoms with E-state index < -0.39 is 11.6 Å². The second-order valence-electron chi connectivity index (χ2n) is 4.31. The summed E-state index contributed by atoms with van der Waals surface area (Å²) in [6, 6.07) is 9.15. The van der Waals surface area contributed by atoms with Gasteiger partial charge in [0.1, 0.15) is 5.75 Å². The van der Waals surface area contributed by atoms with Gasteiger partial charge in [0.05, 0.1) is 6.42 Å². The zero-order valence-electron chi connectivity index (χ0n) is 9.89. The molecule has 5 nitrogen and oxygen atoms in total. The third-order valence-corrected chi connectivity index (χ3v) is 2.80. The maximum atomic E-state index is 11.9. The quantitative estimate of drug-likeness (QED) is 0.794. The third-order valence-electron chi connectivity index (χ3n) is 2.80. The molecule has 18 heavy (non-hydrogen) atoms. The summed E-state index contributed by atoms with van der Waals surface area (Å²) in [7, 11) is 0. The second kappa shape index (κ2) is 5.08. The highest BCUT2D eigenvalue weighted by molar-refractivity contribution is 5.88. The molecular weight excluding hydrogens is 234 g/mol. The monoisotopic (exact) mass is 249 g/mol. The zero-order valence-corrected chi connectivity index (χ0v) is 9.89. The number of carbonyl (C=O) groups is 2. The first kappa shape index (κ1) is 12.4. The van der Waals surface area contributed by atoms with E-state index in [1.54, 1.807) is 12.1 Å². The van der Waals surface area contributed by atoms with Gasteiger partial charge in [-0.2, -0.15) is 0 Å². The predicted octanol–water partition coefficient (Wildman–Crippen LogP) is 1.19. The molecule has 2 rings (SSSR count). The van der Waals surface area contributed by atoms with Gasteiger partial charge in [0.25, 0.3) is 5.91 Å². The minimum atomic E-state index is -0.927. The largest absolute Gasteiger partial charge is 0.481 e. The van der Waals surface area contributed by atoms with Crippen LogP contribution in [-0.4, -0.2) is 29.1 Å². The summed E-state index contributed by atoms with van der Waals surface area (Å²) >= 11 is 0. The molecule has 1 aromatic carbocycles. The number of hydrogen-bond donors (Lipinski definition) is 2. The smallest absolute Gasteiger partial charge is 0.305 e. The number of benzene rings is 1. The van der Waals surface area contributed by atoms with Crippen molar-refractivity contribution in [3.8, 4) is 5.75 Å². The summed E-state index contributed by atoms with van der Waals surface area (Å²) in [5, 5.41) is 11.1. The lowest BCUT2D eigenvalue weighted by molar-refractivity contribution is -0.137. The third kappa shape index (κ3) is 3.00. The van der Waals surface area contributed by atoms with E-state index in [0.717, 1.165) is 0 Å². The molecule has 0 atom stereocenters. The Labute approximate surface area is 105 Å². The molecule has 0 saturated heterocycles. The van der Waals surface area contributed by atoms with Gasteiger partial charge in [-0.15, -0.1) is 0 Å². The molecule has 5 heteroatoms. The van der Waals surface area contributed by atoms with Crippen LogP contribution in [0.4, 0.5) is 0 Å². The first-order valence-corrected chi connectivity index (χ1v) is 5.87. The molecule has 0 heterocycles. The van der Waals surface area contributed by atoms with Crippen LogP contribution in [-0.2, 0) is 9.59 Å². The van der Waals surface area contributed by atoms with Crippen molar-refractivity contribution in [1.29, 1.82) is 0 Å². The number of ether oxygens (including phenoxy) is 1. The molecule has 0 spiro atoms. The van der Waals surface area contributed by atoms with Gasteiger partial charge in [-0.05, 0) is 12.1 Å². The van der Waals surface area contributed by atoms with Crippen molar-refractivity contribution in [3.05, 3.63) is 30.3 Å². The van der Waals surface area contributed by atoms with Crippen LogP contribution in [0.1, 0.15) is 19.3 Å². The summed E-state index contributed by atoms with van der Waals surface area (Å²) in [5.74, 6) is -0.500. The fraction of sp³-hybridized carbons (Fsp3) is 0.385. The standard InChI is InChI=1S/C13H15NO4/c15-11(16)6-9-14-12(17)13(7-8-13)18-10-4-2-1-3-5-10/h1-5H,6-9H2,(H,14,17)(H,15,16). The Balaban J connectivity index is 1.87. The van der Waals surface area contributed by atoms with Crippen LogP contribution in [0.3, 0.4) is 0 Å². The summed E-state index contributed by atoms with van der Waals surface area (Å²) in [6.45, 7) is 0.133. The lowest BCUT2D eigenvalue weighted by Crippen LogP contribution is -2.41. The first-order valence-electron chi connectivity index (χ1n) is 5.87. The van der Waals surface area contributed by atoms with E-state index in [-0.39, 0.29) is 18.9 Å². The van der Waals surface area contributed by atoms with E-state index in [4.69, 9.17) is 9.84 Å². The van der Waals surface area contributed by atoms with Crippen LogP contribution in [0.2, 0.25) is 0 Å². The molecule has 0 unspecified atom stereocenters. The predicted molar refractivity (Wildman–Crippen MR) is 64.3 cm³/mol. The number of carboxylic acids is 1. The lowest BCUT2D eigenvalue weighted by atomic mass is 10.3. The number of nitrogens with one attached hydrogen (secondary N) is 1. The zero-order chi connectivity index (χ0) is 13.0. The molecule has 1 saturated carbocycles. The van der Waals surface area contributed by atoms with Gasteiger partial charge >= 0.3 is 5.97 Å². The van der Waals surface area contributed by atoms with Gasteiger partial charge in [-0.25, -0.2) is 0 Å². The SMILES string of the molecule is O=C(O)CCNC(=O)C1(Oc2ccccc2)CC1. The van der Waals surface area contributed by atoms with E-state index in [2.05, 4.69) is 5.32 Å². The minimum absolute atomic E-state index is 0.0762. The van der Waals surface area contributed by atoms with Crippen molar-refractivity contribution >= 4 is 11.9 Å². The van der Waals surface area contributed by atoms with E-state index in [0.29, 0.717) is 18.6 Å². The Morgan fingerprint density at radius 2 is 1.94 bits per heavy atom. The summed E-state index contributed by atoms with van der Waals surface area (Å²) in [6.07, 6.45) is 1.26. The molecule has 1 fully saturated rings. The highest BCUT2D eigenvalue weighted by Gasteiger charge is 2.52. The summed E-state index contributed by atoms with van der Waals surface area (Å²) in [4.78, 5) is 22.2. The molecule has 1 aliphatic rings. The van der Waals surface area contributed by atoms with Gasteiger partial charge in [-0.3, -0.25) is 9.59 Å². The molecule has 2 N–H and O–H groups in total. The fourth-order valence-corrected chi connectivity index (χ4v) is 1.65. The van der Waals surface area contributed by atoms with Crippen molar-refractivity contribution in [2.24, 2.45) is 0 Å². The van der Waals surface area contributed by atoms with Gasteiger partial charge < -0.3 is 15.2 Å². The molecule has 0 radical (unpaired) electrons. The Kier molecular flexibility index (Phi) is 3.50. The first-order chi connectivity index (χ1) is 8.62. The Morgan fingerprint density at radius 1 is 1.28 bits per heavy atom. The molecule has 1 aromatic rings. The lowest BCUT2D eigenvalue weighted by Gasteiger charge is -2.17. The summed E-state index contributed by atoms with van der Waals surface area (Å²) < 4.78 is 5.67. The van der Waals surface area contributed by atoms with Gasteiger partial charge in [0.2, 0.25) is 0 Å². The van der Waals surface area contributed by atoms with E-state index >= 15 is 0 Å². The highest BCUT2D eigenvalue weighted by atomic mass is 16.5. The van der Waals surface area contributed by atoms with Crippen molar-refractivity contribution in [3.63, 3.8) is 0 Å². The normalized spacial score (nSPS) is 15.8. The van der Waals surface area contributed by atoms with Crippen LogP contribution in [0, 0.1) is 0 Å². The molecule has 0 aliphatic heterocycles. The van der Waals surface area contributed by atoms with Gasteiger partial charge in [0.15, 0.2) is 5.60 Å². The topological polar surface area (TPSA) is 75.6 Å². The minimum Gasteiger partial charge on any atom is -0.481 e. The maximum Gasteiger partial charge on any atom is 0.305 e. The van der Waals surface area contributed by atoms with Crippen molar-refractivity contribution in [1.82, 2.24) is 5.32 Å². The highest BCUT2D eigenvalue weighted by Crippen LogP contribution is 2.40. The van der Waals surface area contributed by atoms with Crippen LogP contribution in [0.25, 0.3) is 0 Å². The molecule has 1 amide bonds. The molecule has 1 aliphatic carbocycles. The van der Waals surface area contributed by atoms with E-state index in [1.807, 2.05) is 18.2 Å². The second-order valence-corrected chi connectivity index (χ2v) is 4.31. The Morgan fingerprint density at radius 3 is 2.50 bits per heavy atom. The number of aliphatic carboxylic acids is 1. The van der Waals surface area contributed by atoms with Crippen LogP contribution >= 0.6 is 0 Å². The van der Waals surface area contributed by atoms with Crippen LogP contribution in [0.5, 0.6) is 5.75 Å². The average Bonchev–Trinajstić information content (AvgIpc) is 3.11. The molecule has 0 aromatic heterocycles.